The second kappa shape index (κ2) is 6.82. The first-order valence-corrected chi connectivity index (χ1v) is 8.97. The number of H-pyrrole nitrogens is 1. The van der Waals surface area contributed by atoms with Gasteiger partial charge in [-0.2, -0.15) is 5.26 Å². The van der Waals surface area contributed by atoms with E-state index in [0.717, 1.165) is 32.6 Å². The van der Waals surface area contributed by atoms with Gasteiger partial charge in [-0.15, -0.1) is 5.10 Å². The van der Waals surface area contributed by atoms with Gasteiger partial charge in [-0.3, -0.25) is 5.10 Å². The van der Waals surface area contributed by atoms with Crippen molar-refractivity contribution in [1.29, 1.82) is 5.26 Å². The van der Waals surface area contributed by atoms with Crippen molar-refractivity contribution in [2.24, 2.45) is 5.73 Å². The molecule has 2 aromatic carbocycles. The van der Waals surface area contributed by atoms with Crippen LogP contribution in [0.5, 0.6) is 11.6 Å². The Morgan fingerprint density at radius 1 is 1.26 bits per heavy atom. The summed E-state index contributed by atoms with van der Waals surface area (Å²) >= 11 is 3.45. The van der Waals surface area contributed by atoms with Crippen molar-refractivity contribution in [3.8, 4) is 29.0 Å². The van der Waals surface area contributed by atoms with Crippen molar-refractivity contribution in [3.63, 3.8) is 0 Å². The number of aromatic amines is 1. The highest BCUT2D eigenvalue weighted by Crippen LogP contribution is 2.45. The van der Waals surface area contributed by atoms with Crippen molar-refractivity contribution in [1.82, 2.24) is 10.2 Å². The van der Waals surface area contributed by atoms with Crippen LogP contribution in [0.4, 0.5) is 0 Å². The SMILES string of the molecule is COc1cccc(-c2[nH]nc3c2[C@H](c2ccc(Br)cc2)C(C#N)=C(N)O3)c1. The van der Waals surface area contributed by atoms with Crippen molar-refractivity contribution < 1.29 is 9.47 Å². The van der Waals surface area contributed by atoms with Gasteiger partial charge in [0.1, 0.15) is 17.4 Å². The molecule has 3 aromatic rings. The summed E-state index contributed by atoms with van der Waals surface area (Å²) in [6.07, 6.45) is 0. The lowest BCUT2D eigenvalue weighted by atomic mass is 9.83. The number of methoxy groups -OCH3 is 1. The summed E-state index contributed by atoms with van der Waals surface area (Å²) in [7, 11) is 1.62. The number of benzene rings is 2. The molecule has 0 amide bonds. The van der Waals surface area contributed by atoms with Gasteiger partial charge in [0.05, 0.1) is 24.3 Å². The van der Waals surface area contributed by atoms with E-state index in [-0.39, 0.29) is 11.8 Å². The predicted octanol–water partition coefficient (Wildman–Crippen LogP) is 4.07. The van der Waals surface area contributed by atoms with Crippen LogP contribution in [0.15, 0.2) is 64.5 Å². The first kappa shape index (κ1) is 17.2. The molecule has 2 heterocycles. The highest BCUT2D eigenvalue weighted by Gasteiger charge is 2.35. The molecule has 134 valence electrons. The fraction of sp³-hybridized carbons (Fsp3) is 0.100. The second-order valence-corrected chi connectivity index (χ2v) is 6.94. The zero-order valence-electron chi connectivity index (χ0n) is 14.4. The Morgan fingerprint density at radius 3 is 2.74 bits per heavy atom. The minimum absolute atomic E-state index is 0.0709. The van der Waals surface area contributed by atoms with E-state index in [4.69, 9.17) is 15.2 Å². The maximum atomic E-state index is 9.73. The molecule has 0 fully saturated rings. The van der Waals surface area contributed by atoms with Crippen LogP contribution in [-0.4, -0.2) is 17.3 Å². The van der Waals surface area contributed by atoms with Crippen molar-refractivity contribution in [3.05, 3.63) is 75.6 Å². The van der Waals surface area contributed by atoms with Gasteiger partial charge in [0.2, 0.25) is 11.8 Å². The summed E-state index contributed by atoms with van der Waals surface area (Å²) < 4.78 is 11.9. The third-order valence-electron chi connectivity index (χ3n) is 4.50. The normalized spacial score (nSPS) is 15.7. The van der Waals surface area contributed by atoms with Crippen molar-refractivity contribution in [2.75, 3.05) is 7.11 Å². The van der Waals surface area contributed by atoms with Crippen LogP contribution in [0.25, 0.3) is 11.3 Å². The van der Waals surface area contributed by atoms with Gasteiger partial charge in [-0.05, 0) is 29.8 Å². The van der Waals surface area contributed by atoms with Gasteiger partial charge < -0.3 is 15.2 Å². The van der Waals surface area contributed by atoms with Gasteiger partial charge in [-0.1, -0.05) is 40.2 Å². The van der Waals surface area contributed by atoms with Crippen LogP contribution in [0.3, 0.4) is 0 Å². The van der Waals surface area contributed by atoms with Gasteiger partial charge in [0.15, 0.2) is 0 Å². The number of aromatic nitrogens is 2. The van der Waals surface area contributed by atoms with E-state index in [1.807, 2.05) is 48.5 Å². The largest absolute Gasteiger partial charge is 0.497 e. The van der Waals surface area contributed by atoms with E-state index in [9.17, 15) is 5.26 Å². The summed E-state index contributed by atoms with van der Waals surface area (Å²) in [4.78, 5) is 0. The Kier molecular flexibility index (Phi) is 4.34. The molecule has 0 aliphatic carbocycles. The van der Waals surface area contributed by atoms with Gasteiger partial charge in [-0.25, -0.2) is 0 Å². The highest BCUT2D eigenvalue weighted by atomic mass is 79.9. The minimum Gasteiger partial charge on any atom is -0.497 e. The standard InChI is InChI=1S/C20H15BrN4O2/c1-26-14-4-2-3-12(9-14)18-17-16(11-5-7-13(21)8-6-11)15(10-22)19(23)27-20(17)25-24-18/h2-9,16H,23H2,1H3,(H,24,25)/t16-/m1/s1. The zero-order chi connectivity index (χ0) is 19.0. The average molecular weight is 423 g/mol. The molecule has 0 bridgehead atoms. The molecule has 1 aliphatic rings. The lowest BCUT2D eigenvalue weighted by Gasteiger charge is -2.24. The predicted molar refractivity (Wildman–Crippen MR) is 104 cm³/mol. The molecule has 0 saturated carbocycles. The lowest BCUT2D eigenvalue weighted by Crippen LogP contribution is -2.20. The average Bonchev–Trinajstić information content (AvgIpc) is 3.11. The molecule has 7 heteroatoms. The van der Waals surface area contributed by atoms with Crippen molar-refractivity contribution in [2.45, 2.75) is 5.92 Å². The smallest absolute Gasteiger partial charge is 0.244 e. The monoisotopic (exact) mass is 422 g/mol. The van der Waals surface area contributed by atoms with Crippen LogP contribution < -0.4 is 15.2 Å². The lowest BCUT2D eigenvalue weighted by molar-refractivity contribution is 0.379. The molecule has 1 atom stereocenters. The third-order valence-corrected chi connectivity index (χ3v) is 5.03. The Hall–Kier alpha value is -3.24. The van der Waals surface area contributed by atoms with Gasteiger partial charge in [0, 0.05) is 10.0 Å². The highest BCUT2D eigenvalue weighted by molar-refractivity contribution is 9.10. The quantitative estimate of drug-likeness (QED) is 0.662. The number of fused-ring (bicyclic) bond motifs is 1. The number of nitrogens with one attached hydrogen (secondary N) is 1. The van der Waals surface area contributed by atoms with E-state index in [2.05, 4.69) is 32.2 Å². The maximum absolute atomic E-state index is 9.73. The molecule has 3 N–H and O–H groups in total. The number of halogens is 1. The third kappa shape index (κ3) is 2.94. The van der Waals surface area contributed by atoms with Crippen LogP contribution in [0.1, 0.15) is 17.0 Å². The van der Waals surface area contributed by atoms with Crippen LogP contribution >= 0.6 is 15.9 Å². The van der Waals surface area contributed by atoms with E-state index >= 15 is 0 Å². The number of ether oxygens (including phenoxy) is 2. The number of hydrogen-bond donors (Lipinski definition) is 2. The number of allylic oxidation sites excluding steroid dienone is 1. The summed E-state index contributed by atoms with van der Waals surface area (Å²) in [6, 6.07) is 17.6. The molecule has 27 heavy (non-hydrogen) atoms. The first-order valence-electron chi connectivity index (χ1n) is 8.18. The second-order valence-electron chi connectivity index (χ2n) is 6.03. The molecule has 1 aliphatic heterocycles. The summed E-state index contributed by atoms with van der Waals surface area (Å²) in [5.74, 6) is 0.786. The zero-order valence-corrected chi connectivity index (χ0v) is 15.9. The van der Waals surface area contributed by atoms with E-state index in [0.29, 0.717) is 11.5 Å². The topological polar surface area (TPSA) is 97.0 Å². The van der Waals surface area contributed by atoms with Crippen LogP contribution in [0, 0.1) is 11.3 Å². The molecular weight excluding hydrogens is 408 g/mol. The molecule has 1 aromatic heterocycles. The first-order chi connectivity index (χ1) is 13.1. The molecule has 6 nitrogen and oxygen atoms in total. The van der Waals surface area contributed by atoms with Crippen LogP contribution in [0.2, 0.25) is 0 Å². The number of nitriles is 1. The molecular formula is C20H15BrN4O2. The van der Waals surface area contributed by atoms with E-state index in [1.54, 1.807) is 7.11 Å². The number of hydrogen-bond acceptors (Lipinski definition) is 5. The van der Waals surface area contributed by atoms with E-state index < -0.39 is 0 Å². The fourth-order valence-electron chi connectivity index (χ4n) is 3.23. The molecule has 0 unspecified atom stereocenters. The summed E-state index contributed by atoms with van der Waals surface area (Å²) in [6.45, 7) is 0. The number of rotatable bonds is 3. The maximum Gasteiger partial charge on any atom is 0.244 e. The Labute approximate surface area is 164 Å². The number of nitrogens with zero attached hydrogens (tertiary/aromatic N) is 2. The molecule has 0 saturated heterocycles. The van der Waals surface area contributed by atoms with Crippen molar-refractivity contribution >= 4 is 15.9 Å². The summed E-state index contributed by atoms with van der Waals surface area (Å²) in [5, 5.41) is 17.0. The number of nitrogens with two attached hydrogens (primary N) is 1. The molecule has 4 rings (SSSR count). The van der Waals surface area contributed by atoms with Gasteiger partial charge >= 0.3 is 0 Å². The summed E-state index contributed by atoms with van der Waals surface area (Å²) in [5.41, 5.74) is 9.70. The molecule has 0 radical (unpaired) electrons. The minimum atomic E-state index is -0.383. The van der Waals surface area contributed by atoms with Gasteiger partial charge in [0.25, 0.3) is 0 Å². The Bertz CT molecular complexity index is 1080. The molecule has 0 spiro atoms. The Morgan fingerprint density at radius 2 is 2.04 bits per heavy atom. The Balaban J connectivity index is 1.93. The van der Waals surface area contributed by atoms with E-state index in [1.165, 1.54) is 0 Å². The fourth-order valence-corrected chi connectivity index (χ4v) is 3.50. The van der Waals surface area contributed by atoms with Crippen LogP contribution in [-0.2, 0) is 0 Å².